The van der Waals surface area contributed by atoms with Crippen LogP contribution in [0, 0.1) is 0 Å². The summed E-state index contributed by atoms with van der Waals surface area (Å²) >= 11 is 0. The Bertz CT molecular complexity index is 683. The molecule has 10 heteroatoms. The van der Waals surface area contributed by atoms with Crippen LogP contribution < -0.4 is 10.2 Å². The molecule has 0 spiro atoms. The largest absolute Gasteiger partial charge is 0.488 e. The van der Waals surface area contributed by atoms with Gasteiger partial charge in [-0.25, -0.2) is 21.6 Å². The smallest absolute Gasteiger partial charge is 0.423 e. The molecule has 1 aliphatic heterocycles. The molecule has 7 nitrogen and oxygen atoms in total. The van der Waals surface area contributed by atoms with Gasteiger partial charge in [-0.1, -0.05) is 12.1 Å². The quantitative estimate of drug-likeness (QED) is 0.543. The van der Waals surface area contributed by atoms with Crippen LogP contribution in [0.15, 0.2) is 29.2 Å². The van der Waals surface area contributed by atoms with Gasteiger partial charge in [-0.15, -0.1) is 0 Å². The minimum atomic E-state index is -3.81. The molecule has 1 heterocycles. The second-order valence-corrected chi connectivity index (χ2v) is 8.61. The van der Waals surface area contributed by atoms with Crippen molar-refractivity contribution in [2.24, 2.45) is 0 Å². The van der Waals surface area contributed by atoms with Gasteiger partial charge in [0.05, 0.1) is 16.4 Å². The van der Waals surface area contributed by atoms with Crippen LogP contribution in [0.4, 0.5) is 0 Å². The lowest BCUT2D eigenvalue weighted by molar-refractivity contribution is 0.425. The zero-order valence-electron chi connectivity index (χ0n) is 10.4. The Morgan fingerprint density at radius 1 is 1.20 bits per heavy atom. The van der Waals surface area contributed by atoms with Gasteiger partial charge in [0.25, 0.3) is 0 Å². The fourth-order valence-electron chi connectivity index (χ4n) is 1.99. The molecule has 1 aromatic rings. The van der Waals surface area contributed by atoms with Gasteiger partial charge < -0.3 is 10.0 Å². The summed E-state index contributed by atoms with van der Waals surface area (Å²) in [5, 5.41) is 17.9. The van der Waals surface area contributed by atoms with Crippen molar-refractivity contribution in [1.82, 2.24) is 4.72 Å². The maximum atomic E-state index is 12.0. The first-order chi connectivity index (χ1) is 9.20. The van der Waals surface area contributed by atoms with Gasteiger partial charge in [-0.05, 0) is 24.0 Å². The molecule has 20 heavy (non-hydrogen) atoms. The summed E-state index contributed by atoms with van der Waals surface area (Å²) in [6, 6.07) is 4.42. The lowest BCUT2D eigenvalue weighted by Gasteiger charge is -2.11. The van der Waals surface area contributed by atoms with Crippen LogP contribution in [-0.4, -0.2) is 51.5 Å². The van der Waals surface area contributed by atoms with Gasteiger partial charge in [0.1, 0.15) is 0 Å². The van der Waals surface area contributed by atoms with E-state index < -0.39 is 33.0 Å². The second-order valence-electron chi connectivity index (χ2n) is 4.66. The van der Waals surface area contributed by atoms with Crippen molar-refractivity contribution in [2.75, 3.05) is 11.5 Å². The van der Waals surface area contributed by atoms with Gasteiger partial charge in [-0.2, -0.15) is 0 Å². The molecular weight excluding hydrogens is 305 g/mol. The van der Waals surface area contributed by atoms with Gasteiger partial charge in [0.2, 0.25) is 10.0 Å². The minimum absolute atomic E-state index is 0.0180. The van der Waals surface area contributed by atoms with Crippen LogP contribution in [0.1, 0.15) is 6.42 Å². The first kappa shape index (κ1) is 15.5. The van der Waals surface area contributed by atoms with E-state index in [4.69, 9.17) is 10.0 Å². The number of hydrogen-bond acceptors (Lipinski definition) is 6. The first-order valence-electron chi connectivity index (χ1n) is 5.88. The molecule has 1 atom stereocenters. The lowest BCUT2D eigenvalue weighted by Crippen LogP contribution is -2.36. The highest BCUT2D eigenvalue weighted by Gasteiger charge is 2.31. The SMILES string of the molecule is O=S1(=O)CC[C@@H](NS(=O)(=O)c2ccc(B(O)O)cc2)C1. The molecule has 2 rings (SSSR count). The third-order valence-corrected chi connectivity index (χ3v) is 6.35. The van der Waals surface area contributed by atoms with Crippen molar-refractivity contribution in [1.29, 1.82) is 0 Å². The van der Waals surface area contributed by atoms with Crippen LogP contribution in [0.2, 0.25) is 0 Å². The van der Waals surface area contributed by atoms with Crippen molar-refractivity contribution in [3.63, 3.8) is 0 Å². The van der Waals surface area contributed by atoms with Crippen molar-refractivity contribution < 1.29 is 26.9 Å². The third-order valence-electron chi connectivity index (χ3n) is 3.04. The fraction of sp³-hybridized carbons (Fsp3) is 0.400. The molecule has 0 unspecified atom stereocenters. The monoisotopic (exact) mass is 319 g/mol. The standard InChI is InChI=1S/C10H14BNO6S2/c13-11(14)8-1-3-10(4-2-8)20(17,18)12-9-5-6-19(15,16)7-9/h1-4,9,12-14H,5-7H2/t9-/m1/s1. The first-order valence-corrected chi connectivity index (χ1v) is 9.19. The molecule has 110 valence electrons. The van der Waals surface area contributed by atoms with E-state index in [0.29, 0.717) is 0 Å². The van der Waals surface area contributed by atoms with Gasteiger partial charge >= 0.3 is 7.12 Å². The molecular formula is C10H14BNO6S2. The normalized spacial score (nSPS) is 21.8. The Morgan fingerprint density at radius 3 is 2.25 bits per heavy atom. The number of sulfone groups is 1. The molecule has 3 N–H and O–H groups in total. The molecule has 0 saturated carbocycles. The van der Waals surface area contributed by atoms with Crippen LogP contribution >= 0.6 is 0 Å². The van der Waals surface area contributed by atoms with E-state index in [1.54, 1.807) is 0 Å². The van der Waals surface area contributed by atoms with E-state index >= 15 is 0 Å². The summed E-state index contributed by atoms with van der Waals surface area (Å²) in [6.07, 6.45) is 0.259. The number of rotatable bonds is 4. The van der Waals surface area contributed by atoms with Crippen molar-refractivity contribution in [3.05, 3.63) is 24.3 Å². The zero-order chi connectivity index (χ0) is 15.0. The maximum absolute atomic E-state index is 12.0. The van der Waals surface area contributed by atoms with E-state index in [1.165, 1.54) is 24.3 Å². The van der Waals surface area contributed by atoms with E-state index in [1.807, 2.05) is 0 Å². The predicted molar refractivity (Wildman–Crippen MR) is 73.6 cm³/mol. The highest BCUT2D eigenvalue weighted by atomic mass is 32.2. The summed E-state index contributed by atoms with van der Waals surface area (Å²) in [5.74, 6) is -0.213. The summed E-state index contributed by atoms with van der Waals surface area (Å²) < 4.78 is 49.0. The topological polar surface area (TPSA) is 121 Å². The molecule has 1 saturated heterocycles. The molecule has 1 aromatic carbocycles. The van der Waals surface area contributed by atoms with Gasteiger partial charge in [0, 0.05) is 6.04 Å². The van der Waals surface area contributed by atoms with Crippen LogP contribution in [0.5, 0.6) is 0 Å². The maximum Gasteiger partial charge on any atom is 0.488 e. The fourth-order valence-corrected chi connectivity index (χ4v) is 5.04. The van der Waals surface area contributed by atoms with Crippen LogP contribution in [-0.2, 0) is 19.9 Å². The Labute approximate surface area is 117 Å². The van der Waals surface area contributed by atoms with Crippen molar-refractivity contribution in [3.8, 4) is 0 Å². The third kappa shape index (κ3) is 3.58. The second kappa shape index (κ2) is 5.45. The van der Waals surface area contributed by atoms with Crippen LogP contribution in [0.3, 0.4) is 0 Å². The molecule has 0 radical (unpaired) electrons. The van der Waals surface area contributed by atoms with Gasteiger partial charge in [0.15, 0.2) is 9.84 Å². The molecule has 0 bridgehead atoms. The summed E-state index contributed by atoms with van der Waals surface area (Å²) in [7, 11) is -8.64. The number of hydrogen-bond donors (Lipinski definition) is 3. The molecule has 1 aliphatic rings. The lowest BCUT2D eigenvalue weighted by atomic mass is 9.81. The van der Waals surface area contributed by atoms with E-state index in [-0.39, 0.29) is 28.3 Å². The zero-order valence-corrected chi connectivity index (χ0v) is 12.1. The molecule has 1 fully saturated rings. The Morgan fingerprint density at radius 2 is 1.80 bits per heavy atom. The highest BCUT2D eigenvalue weighted by molar-refractivity contribution is 7.92. The molecule has 0 aromatic heterocycles. The van der Waals surface area contributed by atoms with E-state index in [0.717, 1.165) is 0 Å². The van der Waals surface area contributed by atoms with Crippen molar-refractivity contribution in [2.45, 2.75) is 17.4 Å². The van der Waals surface area contributed by atoms with E-state index in [9.17, 15) is 16.8 Å². The average molecular weight is 319 g/mol. The Balaban J connectivity index is 2.14. The summed E-state index contributed by atoms with van der Waals surface area (Å²) in [6.45, 7) is 0. The summed E-state index contributed by atoms with van der Waals surface area (Å²) in [4.78, 5) is -0.0498. The number of benzene rings is 1. The minimum Gasteiger partial charge on any atom is -0.423 e. The highest BCUT2D eigenvalue weighted by Crippen LogP contribution is 2.15. The number of nitrogens with one attached hydrogen (secondary N) is 1. The van der Waals surface area contributed by atoms with Crippen LogP contribution in [0.25, 0.3) is 0 Å². The Hall–Kier alpha value is -0.935. The van der Waals surface area contributed by atoms with E-state index in [2.05, 4.69) is 4.72 Å². The number of sulfonamides is 1. The average Bonchev–Trinajstić information content (AvgIpc) is 2.68. The Kier molecular flexibility index (Phi) is 4.21. The molecule has 0 amide bonds. The predicted octanol–water partition coefficient (Wildman–Crippen LogP) is -2.17. The van der Waals surface area contributed by atoms with Crippen molar-refractivity contribution >= 4 is 32.4 Å². The molecule has 0 aliphatic carbocycles. The summed E-state index contributed by atoms with van der Waals surface area (Å²) in [5.41, 5.74) is 0.174. The van der Waals surface area contributed by atoms with Gasteiger partial charge in [-0.3, -0.25) is 0 Å².